The number of hydrogen-bond donors (Lipinski definition) is 0. The molecule has 3 aliphatic rings. The Balaban J connectivity index is 0.000000197. The number of carbonyl (C=O) groups is 3. The SMILES string of the molecule is CC(C)(C)OC(=O)N1OCC[C@H]1c1cncc(Br)c1.CC(C)(C)OC(=O)N1OCC[C@H]1c1cncc(N2CCC2=O)c1. The highest BCUT2D eigenvalue weighted by Gasteiger charge is 2.37. The van der Waals surface area contributed by atoms with Crippen molar-refractivity contribution in [3.63, 3.8) is 0 Å². The summed E-state index contributed by atoms with van der Waals surface area (Å²) in [6, 6.07) is 3.42. The molecule has 0 aromatic carbocycles. The van der Waals surface area contributed by atoms with Crippen LogP contribution in [-0.2, 0) is 23.9 Å². The van der Waals surface area contributed by atoms with Crippen molar-refractivity contribution >= 4 is 39.7 Å². The maximum absolute atomic E-state index is 12.3. The van der Waals surface area contributed by atoms with Gasteiger partial charge in [0.25, 0.3) is 0 Å². The van der Waals surface area contributed by atoms with E-state index in [1.54, 1.807) is 29.7 Å². The number of halogens is 1. The minimum atomic E-state index is -0.586. The fourth-order valence-electron chi connectivity index (χ4n) is 4.49. The number of aromatic nitrogens is 2. The molecular weight excluding hydrogens is 610 g/mol. The first-order valence-corrected chi connectivity index (χ1v) is 14.7. The molecular formula is C29H38BrN5O7. The molecule has 42 heavy (non-hydrogen) atoms. The van der Waals surface area contributed by atoms with E-state index in [2.05, 4.69) is 25.9 Å². The Morgan fingerprint density at radius 2 is 1.33 bits per heavy atom. The normalized spacial score (nSPS) is 20.5. The van der Waals surface area contributed by atoms with Gasteiger partial charge in [0, 0.05) is 48.9 Å². The second kappa shape index (κ2) is 12.9. The van der Waals surface area contributed by atoms with Crippen LogP contribution >= 0.6 is 15.9 Å². The van der Waals surface area contributed by atoms with Crippen LogP contribution in [0.5, 0.6) is 0 Å². The Morgan fingerprint density at radius 3 is 1.76 bits per heavy atom. The Bertz CT molecular complexity index is 1300. The number of nitrogens with zero attached hydrogens (tertiary/aromatic N) is 5. The van der Waals surface area contributed by atoms with Crippen LogP contribution in [0.25, 0.3) is 0 Å². The number of rotatable bonds is 3. The number of anilines is 1. The van der Waals surface area contributed by atoms with Gasteiger partial charge < -0.3 is 14.4 Å². The van der Waals surface area contributed by atoms with Crippen LogP contribution < -0.4 is 4.90 Å². The van der Waals surface area contributed by atoms with Gasteiger partial charge >= 0.3 is 12.2 Å². The molecule has 2 aromatic heterocycles. The van der Waals surface area contributed by atoms with Crippen molar-refractivity contribution < 1.29 is 33.5 Å². The number of pyridine rings is 2. The van der Waals surface area contributed by atoms with E-state index >= 15 is 0 Å². The number of β-lactam (4-membered cyclic amide) rings is 1. The average molecular weight is 649 g/mol. The molecule has 2 atom stereocenters. The minimum Gasteiger partial charge on any atom is -0.442 e. The quantitative estimate of drug-likeness (QED) is 0.375. The van der Waals surface area contributed by atoms with Gasteiger partial charge in [-0.1, -0.05) is 0 Å². The smallest absolute Gasteiger partial charge is 0.435 e. The summed E-state index contributed by atoms with van der Waals surface area (Å²) in [7, 11) is 0. The molecule has 3 aliphatic heterocycles. The predicted molar refractivity (Wildman–Crippen MR) is 156 cm³/mol. The molecule has 3 amide bonds. The van der Waals surface area contributed by atoms with Gasteiger partial charge in [-0.2, -0.15) is 10.1 Å². The van der Waals surface area contributed by atoms with Crippen molar-refractivity contribution in [1.82, 2.24) is 20.1 Å². The van der Waals surface area contributed by atoms with Gasteiger partial charge in [-0.05, 0) is 80.7 Å². The lowest BCUT2D eigenvalue weighted by molar-refractivity contribution is -0.125. The summed E-state index contributed by atoms with van der Waals surface area (Å²) in [5, 5.41) is 2.57. The number of hydroxylamine groups is 4. The van der Waals surface area contributed by atoms with Crippen LogP contribution in [0.1, 0.15) is 84.0 Å². The lowest BCUT2D eigenvalue weighted by atomic mass is 10.1. The van der Waals surface area contributed by atoms with Crippen LogP contribution in [0.4, 0.5) is 15.3 Å². The third-order valence-corrected chi connectivity index (χ3v) is 6.79. The molecule has 0 aliphatic carbocycles. The summed E-state index contributed by atoms with van der Waals surface area (Å²) >= 11 is 3.38. The highest BCUT2D eigenvalue weighted by atomic mass is 79.9. The van der Waals surface area contributed by atoms with Gasteiger partial charge in [0.15, 0.2) is 0 Å². The van der Waals surface area contributed by atoms with Crippen molar-refractivity contribution in [2.75, 3.05) is 24.7 Å². The Kier molecular flexibility index (Phi) is 9.74. The summed E-state index contributed by atoms with van der Waals surface area (Å²) in [5.74, 6) is 0.0932. The van der Waals surface area contributed by atoms with Gasteiger partial charge in [-0.15, -0.1) is 0 Å². The molecule has 0 spiro atoms. The van der Waals surface area contributed by atoms with Gasteiger partial charge in [0.2, 0.25) is 5.91 Å². The Hall–Kier alpha value is -3.29. The summed E-state index contributed by atoms with van der Waals surface area (Å²) < 4.78 is 11.6. The van der Waals surface area contributed by atoms with E-state index in [1.165, 1.54) is 10.1 Å². The fourth-order valence-corrected chi connectivity index (χ4v) is 4.87. The monoisotopic (exact) mass is 647 g/mol. The molecule has 2 aromatic rings. The zero-order chi connectivity index (χ0) is 30.7. The Morgan fingerprint density at radius 1 is 0.833 bits per heavy atom. The van der Waals surface area contributed by atoms with E-state index in [-0.39, 0.29) is 18.0 Å². The van der Waals surface area contributed by atoms with Gasteiger partial charge in [-0.25, -0.2) is 9.59 Å². The highest BCUT2D eigenvalue weighted by Crippen LogP contribution is 2.34. The standard InChI is InChI=1S/C16H21N3O4.C13H17BrN2O3/c1-16(2,3)23-15(21)19-13(5-7-22-19)11-8-12(10-17-9-11)18-6-4-14(18)20;1-13(2,3)19-12(17)16-11(4-5-18-16)9-6-10(14)8-15-7-9/h8-10,13H,4-7H2,1-3H3;6-8,11H,4-5H2,1-3H3/t13-;11-/m00/s1. The van der Waals surface area contributed by atoms with Crippen LogP contribution in [0, 0.1) is 0 Å². The lowest BCUT2D eigenvalue weighted by Crippen LogP contribution is -2.43. The molecule has 0 saturated carbocycles. The molecule has 0 unspecified atom stereocenters. The first-order valence-electron chi connectivity index (χ1n) is 13.9. The van der Waals surface area contributed by atoms with Crippen molar-refractivity contribution in [3.05, 3.63) is 52.5 Å². The highest BCUT2D eigenvalue weighted by molar-refractivity contribution is 9.10. The number of hydrogen-bond acceptors (Lipinski definition) is 9. The second-order valence-corrected chi connectivity index (χ2v) is 13.0. The summed E-state index contributed by atoms with van der Waals surface area (Å²) in [4.78, 5) is 56.8. The molecule has 3 fully saturated rings. The molecule has 3 saturated heterocycles. The van der Waals surface area contributed by atoms with Crippen LogP contribution in [0.2, 0.25) is 0 Å². The number of amides is 3. The predicted octanol–water partition coefficient (Wildman–Crippen LogP) is 5.89. The van der Waals surface area contributed by atoms with E-state index in [1.807, 2.05) is 53.7 Å². The molecule has 0 bridgehead atoms. The van der Waals surface area contributed by atoms with Gasteiger partial charge in [0.05, 0.1) is 37.2 Å². The summed E-state index contributed by atoms with van der Waals surface area (Å²) in [5.41, 5.74) is 1.40. The maximum atomic E-state index is 12.3. The van der Waals surface area contributed by atoms with Crippen LogP contribution in [0.3, 0.4) is 0 Å². The number of ether oxygens (including phenoxy) is 2. The van der Waals surface area contributed by atoms with Crippen molar-refractivity contribution in [2.45, 2.75) is 84.1 Å². The minimum absolute atomic E-state index is 0.0932. The van der Waals surface area contributed by atoms with Gasteiger partial charge in [-0.3, -0.25) is 24.4 Å². The topological polar surface area (TPSA) is 124 Å². The maximum Gasteiger partial charge on any atom is 0.435 e. The third-order valence-electron chi connectivity index (χ3n) is 6.36. The second-order valence-electron chi connectivity index (χ2n) is 12.1. The first-order chi connectivity index (χ1) is 19.7. The van der Waals surface area contributed by atoms with Crippen molar-refractivity contribution in [1.29, 1.82) is 0 Å². The van der Waals surface area contributed by atoms with E-state index in [0.29, 0.717) is 32.6 Å². The molecule has 5 rings (SSSR count). The van der Waals surface area contributed by atoms with Crippen LogP contribution in [-0.4, -0.2) is 69.1 Å². The molecule has 0 radical (unpaired) electrons. The summed E-state index contributed by atoms with van der Waals surface area (Å²) in [6.07, 6.45) is 7.80. The van der Waals surface area contributed by atoms with E-state index in [0.717, 1.165) is 27.7 Å². The van der Waals surface area contributed by atoms with Crippen molar-refractivity contribution in [3.8, 4) is 0 Å². The van der Waals surface area contributed by atoms with Gasteiger partial charge in [0.1, 0.15) is 11.2 Å². The van der Waals surface area contributed by atoms with E-state index < -0.39 is 23.4 Å². The van der Waals surface area contributed by atoms with Crippen molar-refractivity contribution in [2.24, 2.45) is 0 Å². The first kappa shape index (κ1) is 31.6. The molecule has 13 heteroatoms. The molecule has 228 valence electrons. The molecule has 0 N–H and O–H groups in total. The molecule has 12 nitrogen and oxygen atoms in total. The largest absolute Gasteiger partial charge is 0.442 e. The third kappa shape index (κ3) is 8.17. The zero-order valence-corrected chi connectivity index (χ0v) is 26.4. The fraction of sp³-hybridized carbons (Fsp3) is 0.552. The lowest BCUT2D eigenvalue weighted by Gasteiger charge is -2.31. The van der Waals surface area contributed by atoms with E-state index in [9.17, 15) is 14.4 Å². The molecule has 5 heterocycles. The zero-order valence-electron chi connectivity index (χ0n) is 24.8. The number of carbonyl (C=O) groups excluding carboxylic acids is 3. The average Bonchev–Trinajstić information content (AvgIpc) is 3.57. The van der Waals surface area contributed by atoms with Crippen LogP contribution in [0.15, 0.2) is 41.4 Å². The van der Waals surface area contributed by atoms with E-state index in [4.69, 9.17) is 19.1 Å². The summed E-state index contributed by atoms with van der Waals surface area (Å²) in [6.45, 7) is 12.6. The Labute approximate surface area is 254 Å².